The molecule has 0 aliphatic rings. The Labute approximate surface area is 125 Å². The van der Waals surface area contributed by atoms with Crippen LogP contribution in [0.4, 0.5) is 5.69 Å². The highest BCUT2D eigenvalue weighted by molar-refractivity contribution is 6.34. The molecule has 5 nitrogen and oxygen atoms in total. The zero-order valence-electron chi connectivity index (χ0n) is 10.8. The second-order valence-electron chi connectivity index (χ2n) is 3.95. The van der Waals surface area contributed by atoms with Gasteiger partial charge in [-0.15, -0.1) is 0 Å². The van der Waals surface area contributed by atoms with E-state index in [1.807, 2.05) is 13.0 Å². The van der Waals surface area contributed by atoms with Crippen LogP contribution in [0.3, 0.4) is 0 Å². The summed E-state index contributed by atoms with van der Waals surface area (Å²) in [4.78, 5) is 19.8. The first kappa shape index (κ1) is 14.6. The van der Waals surface area contributed by atoms with Gasteiger partial charge in [-0.05, 0) is 30.2 Å². The van der Waals surface area contributed by atoms with Crippen molar-refractivity contribution in [3.8, 4) is 5.88 Å². The predicted molar refractivity (Wildman–Crippen MR) is 77.7 cm³/mol. The summed E-state index contributed by atoms with van der Waals surface area (Å²) >= 11 is 11.7. The van der Waals surface area contributed by atoms with Gasteiger partial charge in [0.1, 0.15) is 5.56 Å². The van der Waals surface area contributed by atoms with Crippen molar-refractivity contribution in [3.05, 3.63) is 45.8 Å². The van der Waals surface area contributed by atoms with Gasteiger partial charge in [-0.3, -0.25) is 4.79 Å². The van der Waals surface area contributed by atoms with Crippen LogP contribution in [-0.4, -0.2) is 23.0 Å². The van der Waals surface area contributed by atoms with Gasteiger partial charge in [0, 0.05) is 6.20 Å². The number of anilines is 1. The molecule has 1 heterocycles. The van der Waals surface area contributed by atoms with E-state index < -0.39 is 5.91 Å². The standard InChI is InChI=1S/C13H11Cl2N3O2/c1-7-4-3-5-9(14)10(7)17-11(19)8-6-16-13(15)18-12(8)20-2/h3-6H,1-2H3,(H,17,19). The maximum Gasteiger partial charge on any atom is 0.262 e. The van der Waals surface area contributed by atoms with E-state index in [1.165, 1.54) is 13.3 Å². The Balaban J connectivity index is 2.33. The molecule has 0 radical (unpaired) electrons. The molecule has 104 valence electrons. The van der Waals surface area contributed by atoms with Crippen LogP contribution in [0.5, 0.6) is 5.88 Å². The largest absolute Gasteiger partial charge is 0.480 e. The molecule has 0 saturated carbocycles. The molecular formula is C13H11Cl2N3O2. The van der Waals surface area contributed by atoms with Crippen LogP contribution in [-0.2, 0) is 0 Å². The van der Waals surface area contributed by atoms with Crippen LogP contribution >= 0.6 is 23.2 Å². The molecule has 7 heteroatoms. The number of aryl methyl sites for hydroxylation is 1. The predicted octanol–water partition coefficient (Wildman–Crippen LogP) is 3.35. The van der Waals surface area contributed by atoms with Gasteiger partial charge < -0.3 is 10.1 Å². The molecular weight excluding hydrogens is 301 g/mol. The second-order valence-corrected chi connectivity index (χ2v) is 4.69. The fourth-order valence-electron chi connectivity index (χ4n) is 1.63. The Morgan fingerprint density at radius 2 is 2.10 bits per heavy atom. The van der Waals surface area contributed by atoms with Gasteiger partial charge in [-0.1, -0.05) is 23.7 Å². The lowest BCUT2D eigenvalue weighted by molar-refractivity contribution is 0.102. The minimum atomic E-state index is -0.422. The number of hydrogen-bond acceptors (Lipinski definition) is 4. The minimum Gasteiger partial charge on any atom is -0.480 e. The van der Waals surface area contributed by atoms with Crippen molar-refractivity contribution in [2.45, 2.75) is 6.92 Å². The number of ether oxygens (including phenoxy) is 1. The normalized spacial score (nSPS) is 10.2. The van der Waals surface area contributed by atoms with Gasteiger partial charge in [0.2, 0.25) is 11.2 Å². The Kier molecular flexibility index (Phi) is 4.42. The summed E-state index contributed by atoms with van der Waals surface area (Å²) in [6.07, 6.45) is 1.30. The average molecular weight is 312 g/mol. The second kappa shape index (κ2) is 6.07. The molecule has 0 saturated heterocycles. The molecule has 2 aromatic rings. The summed E-state index contributed by atoms with van der Waals surface area (Å²) in [5.74, 6) is -0.318. The first-order valence-corrected chi connectivity index (χ1v) is 6.41. The van der Waals surface area contributed by atoms with Crippen LogP contribution in [0, 0.1) is 6.92 Å². The van der Waals surface area contributed by atoms with E-state index in [4.69, 9.17) is 27.9 Å². The Bertz CT molecular complexity index is 642. The van der Waals surface area contributed by atoms with Gasteiger partial charge in [0.05, 0.1) is 17.8 Å². The Morgan fingerprint density at radius 1 is 1.35 bits per heavy atom. The van der Waals surface area contributed by atoms with E-state index in [-0.39, 0.29) is 16.7 Å². The minimum absolute atomic E-state index is 0.00678. The van der Waals surface area contributed by atoms with E-state index in [0.717, 1.165) is 5.56 Å². The van der Waals surface area contributed by atoms with Crippen molar-refractivity contribution in [3.63, 3.8) is 0 Å². The van der Waals surface area contributed by atoms with E-state index >= 15 is 0 Å². The number of halogens is 2. The Morgan fingerprint density at radius 3 is 2.75 bits per heavy atom. The highest BCUT2D eigenvalue weighted by Gasteiger charge is 2.17. The van der Waals surface area contributed by atoms with E-state index in [9.17, 15) is 4.79 Å². The lowest BCUT2D eigenvalue weighted by Gasteiger charge is -2.11. The first-order valence-electron chi connectivity index (χ1n) is 5.66. The molecule has 0 spiro atoms. The summed E-state index contributed by atoms with van der Waals surface area (Å²) < 4.78 is 5.02. The fraction of sp³-hybridized carbons (Fsp3) is 0.154. The van der Waals surface area contributed by atoms with Crippen molar-refractivity contribution < 1.29 is 9.53 Å². The molecule has 20 heavy (non-hydrogen) atoms. The monoisotopic (exact) mass is 311 g/mol. The zero-order chi connectivity index (χ0) is 14.7. The number of carbonyl (C=O) groups is 1. The highest BCUT2D eigenvalue weighted by atomic mass is 35.5. The smallest absolute Gasteiger partial charge is 0.262 e. The van der Waals surface area contributed by atoms with Gasteiger partial charge in [0.15, 0.2) is 0 Å². The third kappa shape index (κ3) is 3.00. The summed E-state index contributed by atoms with van der Waals surface area (Å²) in [7, 11) is 1.40. The van der Waals surface area contributed by atoms with Crippen molar-refractivity contribution >= 4 is 34.8 Å². The van der Waals surface area contributed by atoms with E-state index in [2.05, 4.69) is 15.3 Å². The maximum atomic E-state index is 12.2. The lowest BCUT2D eigenvalue weighted by atomic mass is 10.2. The number of nitrogens with zero attached hydrogens (tertiary/aromatic N) is 2. The molecule has 0 atom stereocenters. The quantitative estimate of drug-likeness (QED) is 0.883. The average Bonchev–Trinajstić information content (AvgIpc) is 2.42. The SMILES string of the molecule is COc1nc(Cl)ncc1C(=O)Nc1c(C)cccc1Cl. The molecule has 1 aromatic carbocycles. The van der Waals surface area contributed by atoms with Gasteiger partial charge in [-0.25, -0.2) is 4.98 Å². The molecule has 2 rings (SSSR count). The number of rotatable bonds is 3. The summed E-state index contributed by atoms with van der Waals surface area (Å²) in [5, 5.41) is 3.17. The number of carbonyl (C=O) groups excluding carboxylic acids is 1. The number of aromatic nitrogens is 2. The fourth-order valence-corrected chi connectivity index (χ4v) is 2.02. The topological polar surface area (TPSA) is 64.1 Å². The van der Waals surface area contributed by atoms with Crippen LogP contribution in [0.2, 0.25) is 10.3 Å². The summed E-state index contributed by atoms with van der Waals surface area (Å²) in [6, 6.07) is 5.34. The lowest BCUT2D eigenvalue weighted by Crippen LogP contribution is -2.15. The van der Waals surface area contributed by atoms with Crippen molar-refractivity contribution in [2.24, 2.45) is 0 Å². The maximum absolute atomic E-state index is 12.2. The highest BCUT2D eigenvalue weighted by Crippen LogP contribution is 2.26. The van der Waals surface area contributed by atoms with E-state index in [0.29, 0.717) is 10.7 Å². The number of nitrogens with one attached hydrogen (secondary N) is 1. The van der Waals surface area contributed by atoms with Crippen LogP contribution < -0.4 is 10.1 Å². The van der Waals surface area contributed by atoms with Crippen molar-refractivity contribution in [2.75, 3.05) is 12.4 Å². The van der Waals surface area contributed by atoms with Crippen molar-refractivity contribution in [1.82, 2.24) is 9.97 Å². The van der Waals surface area contributed by atoms with Crippen molar-refractivity contribution in [1.29, 1.82) is 0 Å². The van der Waals surface area contributed by atoms with Gasteiger partial charge >= 0.3 is 0 Å². The molecule has 1 amide bonds. The number of amides is 1. The van der Waals surface area contributed by atoms with Crippen LogP contribution in [0.25, 0.3) is 0 Å². The van der Waals surface area contributed by atoms with E-state index in [1.54, 1.807) is 12.1 Å². The zero-order valence-corrected chi connectivity index (χ0v) is 12.3. The molecule has 0 aliphatic carbocycles. The summed E-state index contributed by atoms with van der Waals surface area (Å²) in [6.45, 7) is 1.84. The summed E-state index contributed by atoms with van der Waals surface area (Å²) in [5.41, 5.74) is 1.56. The first-order chi connectivity index (χ1) is 9.52. The molecule has 0 fully saturated rings. The van der Waals surface area contributed by atoms with Gasteiger partial charge in [0.25, 0.3) is 5.91 Å². The molecule has 0 bridgehead atoms. The Hall–Kier alpha value is -1.85. The van der Waals surface area contributed by atoms with Crippen LogP contribution in [0.15, 0.2) is 24.4 Å². The third-order valence-corrected chi connectivity index (χ3v) is 3.12. The number of hydrogen-bond donors (Lipinski definition) is 1. The van der Waals surface area contributed by atoms with Gasteiger partial charge in [-0.2, -0.15) is 4.98 Å². The number of benzene rings is 1. The number of methoxy groups -OCH3 is 1. The molecule has 1 N–H and O–H groups in total. The third-order valence-electron chi connectivity index (χ3n) is 2.62. The molecule has 0 aliphatic heterocycles. The molecule has 1 aromatic heterocycles. The van der Waals surface area contributed by atoms with Crippen LogP contribution in [0.1, 0.15) is 15.9 Å². The molecule has 0 unspecified atom stereocenters. The number of para-hydroxylation sites is 1.